The first-order chi connectivity index (χ1) is 15.7. The maximum Gasteiger partial charge on any atom is 0.146 e. The van der Waals surface area contributed by atoms with Crippen LogP contribution in [0.25, 0.3) is 0 Å². The number of rotatable bonds is 5. The maximum absolute atomic E-state index is 14.7. The van der Waals surface area contributed by atoms with Crippen molar-refractivity contribution in [3.63, 3.8) is 0 Å². The number of halogens is 1. The highest BCUT2D eigenvalue weighted by molar-refractivity contribution is 5.40. The molecule has 0 amide bonds. The number of nitrogens with zero attached hydrogens (tertiary/aromatic N) is 1. The number of aryl methyl sites for hydroxylation is 1. The number of likely N-dealkylation sites (N-methyl/N-ethyl adjacent to an activating group) is 1. The second-order valence-corrected chi connectivity index (χ2v) is 11.9. The first-order valence-corrected chi connectivity index (χ1v) is 12.7. The SMILES string of the molecule is C=CNCCc1cc(C(C)(C)C)ccc1C.CCN1Cc2cc(C(C)(C)C)ccc2C(C)(F)C1. The summed E-state index contributed by atoms with van der Waals surface area (Å²) in [7, 11) is 0. The molecule has 3 heteroatoms. The Morgan fingerprint density at radius 1 is 1.03 bits per heavy atom. The standard InChI is InChI=1S/C16H24FN.C15H23N/c1-6-18-10-12-9-13(15(2,3)4)7-8-14(12)16(5,17)11-18;1-6-16-10-9-13-11-14(15(3,4)5)8-7-12(13)2/h7-9H,6,10-11H2,1-5H3;6-8,11,16H,1,9-10H2,2-5H3. The Morgan fingerprint density at radius 2 is 1.62 bits per heavy atom. The van der Waals surface area contributed by atoms with Gasteiger partial charge in [0.1, 0.15) is 5.67 Å². The molecule has 2 nitrogen and oxygen atoms in total. The van der Waals surface area contributed by atoms with E-state index in [1.54, 1.807) is 13.1 Å². The second-order valence-electron chi connectivity index (χ2n) is 11.9. The van der Waals surface area contributed by atoms with Crippen LogP contribution in [0.3, 0.4) is 0 Å². The van der Waals surface area contributed by atoms with Gasteiger partial charge in [-0.15, -0.1) is 0 Å². The minimum Gasteiger partial charge on any atom is -0.391 e. The van der Waals surface area contributed by atoms with Crippen LogP contribution in [0.15, 0.2) is 49.2 Å². The Labute approximate surface area is 208 Å². The summed E-state index contributed by atoms with van der Waals surface area (Å²) in [5.41, 5.74) is 6.66. The zero-order valence-corrected chi connectivity index (χ0v) is 23.1. The van der Waals surface area contributed by atoms with Crippen molar-refractivity contribution in [1.29, 1.82) is 0 Å². The van der Waals surface area contributed by atoms with Crippen molar-refractivity contribution >= 4 is 0 Å². The van der Waals surface area contributed by atoms with Gasteiger partial charge in [-0.1, -0.05) is 91.4 Å². The fraction of sp³-hybridized carbons (Fsp3) is 0.548. The van der Waals surface area contributed by atoms with E-state index in [2.05, 4.69) is 103 Å². The zero-order chi connectivity index (χ0) is 25.7. The first-order valence-electron chi connectivity index (χ1n) is 12.7. The number of hydrogen-bond acceptors (Lipinski definition) is 2. The minimum absolute atomic E-state index is 0.121. The van der Waals surface area contributed by atoms with E-state index >= 15 is 0 Å². The van der Waals surface area contributed by atoms with Crippen LogP contribution in [-0.4, -0.2) is 24.5 Å². The van der Waals surface area contributed by atoms with E-state index in [1.165, 1.54) is 22.3 Å². The molecule has 0 aliphatic carbocycles. The number of fused-ring (bicyclic) bond motifs is 1. The summed E-state index contributed by atoms with van der Waals surface area (Å²) >= 11 is 0. The number of benzene rings is 2. The lowest BCUT2D eigenvalue weighted by Crippen LogP contribution is -2.41. The summed E-state index contributed by atoms with van der Waals surface area (Å²) in [5.74, 6) is 0. The van der Waals surface area contributed by atoms with Crippen LogP contribution in [0.5, 0.6) is 0 Å². The molecule has 1 aliphatic rings. The van der Waals surface area contributed by atoms with E-state index in [1.807, 2.05) is 6.07 Å². The van der Waals surface area contributed by atoms with Crippen molar-refractivity contribution in [2.75, 3.05) is 19.6 Å². The fourth-order valence-corrected chi connectivity index (χ4v) is 4.44. The van der Waals surface area contributed by atoms with Gasteiger partial charge < -0.3 is 5.32 Å². The largest absolute Gasteiger partial charge is 0.391 e. The monoisotopic (exact) mass is 466 g/mol. The molecule has 3 rings (SSSR count). The molecule has 1 heterocycles. The van der Waals surface area contributed by atoms with Crippen molar-refractivity contribution in [1.82, 2.24) is 10.2 Å². The summed E-state index contributed by atoms with van der Waals surface area (Å²) in [5, 5.41) is 3.15. The van der Waals surface area contributed by atoms with Crippen molar-refractivity contribution in [2.24, 2.45) is 0 Å². The lowest BCUT2D eigenvalue weighted by atomic mass is 9.81. The fourth-order valence-electron chi connectivity index (χ4n) is 4.44. The Kier molecular flexibility index (Phi) is 9.16. The van der Waals surface area contributed by atoms with Gasteiger partial charge in [0.15, 0.2) is 0 Å². The molecule has 1 N–H and O–H groups in total. The first kappa shape index (κ1) is 28.1. The van der Waals surface area contributed by atoms with E-state index in [0.29, 0.717) is 6.54 Å². The molecule has 1 atom stereocenters. The lowest BCUT2D eigenvalue weighted by molar-refractivity contribution is 0.0874. The molecule has 2 aromatic carbocycles. The molecule has 0 fully saturated rings. The van der Waals surface area contributed by atoms with Gasteiger partial charge in [0.2, 0.25) is 0 Å². The highest BCUT2D eigenvalue weighted by atomic mass is 19.1. The van der Waals surface area contributed by atoms with E-state index in [9.17, 15) is 4.39 Å². The van der Waals surface area contributed by atoms with Gasteiger partial charge in [-0.25, -0.2) is 4.39 Å². The van der Waals surface area contributed by atoms with Crippen molar-refractivity contribution < 1.29 is 4.39 Å². The van der Waals surface area contributed by atoms with Gasteiger partial charge >= 0.3 is 0 Å². The summed E-state index contributed by atoms with van der Waals surface area (Å²) in [6.07, 6.45) is 2.81. The number of hydrogen-bond donors (Lipinski definition) is 1. The summed E-state index contributed by atoms with van der Waals surface area (Å²) in [4.78, 5) is 2.18. The molecule has 0 aromatic heterocycles. The van der Waals surface area contributed by atoms with Gasteiger partial charge in [0.05, 0.1) is 0 Å². The Bertz CT molecular complexity index is 960. The van der Waals surface area contributed by atoms with Gasteiger partial charge in [0.25, 0.3) is 0 Å². The summed E-state index contributed by atoms with van der Waals surface area (Å²) in [6, 6.07) is 13.1. The second kappa shape index (κ2) is 11.1. The average molecular weight is 467 g/mol. The predicted octanol–water partition coefficient (Wildman–Crippen LogP) is 7.57. The predicted molar refractivity (Wildman–Crippen MR) is 146 cm³/mol. The molecule has 0 radical (unpaired) electrons. The third kappa shape index (κ3) is 7.43. The van der Waals surface area contributed by atoms with Crippen LogP contribution in [-0.2, 0) is 29.5 Å². The highest BCUT2D eigenvalue weighted by Crippen LogP contribution is 2.37. The molecule has 188 valence electrons. The van der Waals surface area contributed by atoms with Crippen molar-refractivity contribution in [2.45, 2.75) is 91.8 Å². The number of alkyl halides is 1. The third-order valence-corrected chi connectivity index (χ3v) is 6.79. The van der Waals surface area contributed by atoms with Gasteiger partial charge in [-0.05, 0) is 77.2 Å². The molecule has 1 aliphatic heterocycles. The van der Waals surface area contributed by atoms with Crippen LogP contribution >= 0.6 is 0 Å². The van der Waals surface area contributed by atoms with E-state index in [0.717, 1.165) is 37.2 Å². The maximum atomic E-state index is 14.7. The number of nitrogens with one attached hydrogen (secondary N) is 1. The zero-order valence-electron chi connectivity index (χ0n) is 23.1. The third-order valence-electron chi connectivity index (χ3n) is 6.79. The minimum atomic E-state index is -1.22. The van der Waals surface area contributed by atoms with Crippen LogP contribution in [0.1, 0.15) is 88.8 Å². The van der Waals surface area contributed by atoms with Crippen LogP contribution < -0.4 is 5.32 Å². The summed E-state index contributed by atoms with van der Waals surface area (Å²) < 4.78 is 14.7. The average Bonchev–Trinajstić information content (AvgIpc) is 2.73. The van der Waals surface area contributed by atoms with E-state index in [-0.39, 0.29) is 10.8 Å². The van der Waals surface area contributed by atoms with Crippen molar-refractivity contribution in [3.05, 3.63) is 82.6 Å². The Balaban J connectivity index is 0.000000242. The molecule has 0 saturated carbocycles. The molecule has 1 unspecified atom stereocenters. The normalized spacial score (nSPS) is 18.5. The molecule has 0 spiro atoms. The lowest BCUT2D eigenvalue weighted by Gasteiger charge is -2.37. The smallest absolute Gasteiger partial charge is 0.146 e. The molecule has 0 saturated heterocycles. The quantitative estimate of drug-likeness (QED) is 0.457. The molecule has 2 aromatic rings. The topological polar surface area (TPSA) is 15.3 Å². The Hall–Kier alpha value is -2.13. The molecule has 34 heavy (non-hydrogen) atoms. The molecular formula is C31H47FN2. The van der Waals surface area contributed by atoms with Gasteiger partial charge in [-0.3, -0.25) is 4.90 Å². The Morgan fingerprint density at radius 3 is 2.18 bits per heavy atom. The summed E-state index contributed by atoms with van der Waals surface area (Å²) in [6.45, 7) is 26.2. The molecular weight excluding hydrogens is 419 g/mol. The van der Waals surface area contributed by atoms with Gasteiger partial charge in [0, 0.05) is 19.6 Å². The van der Waals surface area contributed by atoms with E-state index < -0.39 is 5.67 Å². The van der Waals surface area contributed by atoms with Crippen LogP contribution in [0.4, 0.5) is 4.39 Å². The molecule has 0 bridgehead atoms. The van der Waals surface area contributed by atoms with E-state index in [4.69, 9.17) is 0 Å². The van der Waals surface area contributed by atoms with Crippen LogP contribution in [0, 0.1) is 6.92 Å². The van der Waals surface area contributed by atoms with Crippen LogP contribution in [0.2, 0.25) is 0 Å². The van der Waals surface area contributed by atoms with Crippen molar-refractivity contribution in [3.8, 4) is 0 Å². The van der Waals surface area contributed by atoms with Gasteiger partial charge in [-0.2, -0.15) is 0 Å². The highest BCUT2D eigenvalue weighted by Gasteiger charge is 2.35.